The first kappa shape index (κ1) is 17.0. The van der Waals surface area contributed by atoms with Gasteiger partial charge >= 0.3 is 0 Å². The Kier molecular flexibility index (Phi) is 5.65. The Balaban J connectivity index is 0.000000882. The van der Waals surface area contributed by atoms with Crippen LogP contribution in [0.5, 0.6) is 0 Å². The summed E-state index contributed by atoms with van der Waals surface area (Å²) in [5.41, 5.74) is 1.24. The van der Waals surface area contributed by atoms with Gasteiger partial charge in [0.05, 0.1) is 0 Å². The monoisotopic (exact) mass is 319 g/mol. The van der Waals surface area contributed by atoms with Gasteiger partial charge in [-0.3, -0.25) is 4.98 Å². The molecule has 1 aliphatic carbocycles. The summed E-state index contributed by atoms with van der Waals surface area (Å²) in [6, 6.07) is 9.25. The molecule has 3 nitrogen and oxygen atoms in total. The fourth-order valence-corrected chi connectivity index (χ4v) is 3.19. The lowest BCUT2D eigenvalue weighted by Crippen LogP contribution is -2.27. The van der Waals surface area contributed by atoms with Gasteiger partial charge in [-0.05, 0) is 48.8 Å². The lowest BCUT2D eigenvalue weighted by atomic mass is 10.1. The van der Waals surface area contributed by atoms with Crippen LogP contribution >= 0.6 is 12.4 Å². The third kappa shape index (κ3) is 3.90. The summed E-state index contributed by atoms with van der Waals surface area (Å²) in [6.07, 6.45) is 7.95. The maximum absolute atomic E-state index is 4.16. The number of nitrogens with zero attached hydrogens (tertiary/aromatic N) is 2. The zero-order chi connectivity index (χ0) is 13.4. The van der Waals surface area contributed by atoms with E-state index in [-0.39, 0.29) is 19.8 Å². The van der Waals surface area contributed by atoms with Crippen molar-refractivity contribution in [3.05, 3.63) is 36.7 Å². The molecular formula is C18H26ClN3. The lowest BCUT2D eigenvalue weighted by Gasteiger charge is -2.17. The third-order valence-corrected chi connectivity index (χ3v) is 4.50. The molecule has 0 amide bonds. The summed E-state index contributed by atoms with van der Waals surface area (Å²) in [5, 5.41) is 6.16. The van der Waals surface area contributed by atoms with Gasteiger partial charge in [-0.1, -0.05) is 13.5 Å². The van der Waals surface area contributed by atoms with Crippen LogP contribution < -0.4 is 5.32 Å². The normalized spacial score (nSPS) is 21.2. The molecular weight excluding hydrogens is 294 g/mol. The van der Waals surface area contributed by atoms with Gasteiger partial charge in [-0.25, -0.2) is 0 Å². The minimum Gasteiger partial charge on any atom is -0.381 e. The van der Waals surface area contributed by atoms with Crippen molar-refractivity contribution in [2.24, 2.45) is 5.92 Å². The van der Waals surface area contributed by atoms with Crippen LogP contribution in [0.25, 0.3) is 10.8 Å². The van der Waals surface area contributed by atoms with Gasteiger partial charge in [0, 0.05) is 49.1 Å². The van der Waals surface area contributed by atoms with E-state index < -0.39 is 0 Å². The van der Waals surface area contributed by atoms with Crippen molar-refractivity contribution in [3.63, 3.8) is 0 Å². The second-order valence-electron chi connectivity index (χ2n) is 6.27. The summed E-state index contributed by atoms with van der Waals surface area (Å²) in [5.74, 6) is 1.00. The molecule has 0 bridgehead atoms. The summed E-state index contributed by atoms with van der Waals surface area (Å²) in [6.45, 7) is 3.78. The van der Waals surface area contributed by atoms with Crippen LogP contribution in [-0.2, 0) is 0 Å². The highest BCUT2D eigenvalue weighted by Crippen LogP contribution is 2.31. The molecule has 120 valence electrons. The van der Waals surface area contributed by atoms with E-state index >= 15 is 0 Å². The maximum Gasteiger partial charge on any atom is 0.0400 e. The van der Waals surface area contributed by atoms with Crippen molar-refractivity contribution >= 4 is 28.9 Å². The number of nitrogens with one attached hydrogen (secondary N) is 1. The molecule has 4 heteroatoms. The molecule has 0 unspecified atom stereocenters. The number of hydrogen-bond donors (Lipinski definition) is 1. The fraction of sp³-hybridized carbons (Fsp3) is 0.500. The van der Waals surface area contributed by atoms with Gasteiger partial charge in [0.2, 0.25) is 0 Å². The third-order valence-electron chi connectivity index (χ3n) is 4.50. The van der Waals surface area contributed by atoms with E-state index in [1.54, 1.807) is 0 Å². The van der Waals surface area contributed by atoms with Gasteiger partial charge in [0.15, 0.2) is 0 Å². The van der Waals surface area contributed by atoms with E-state index in [2.05, 4.69) is 39.5 Å². The van der Waals surface area contributed by atoms with Gasteiger partial charge < -0.3 is 10.2 Å². The molecule has 1 N–H and O–H groups in total. The molecule has 1 atom stereocenters. The topological polar surface area (TPSA) is 28.2 Å². The fourth-order valence-electron chi connectivity index (χ4n) is 3.19. The molecule has 1 saturated heterocycles. The number of halogens is 1. The zero-order valence-corrected chi connectivity index (χ0v) is 13.0. The number of benzene rings is 1. The van der Waals surface area contributed by atoms with Crippen LogP contribution in [0.1, 0.15) is 26.7 Å². The maximum atomic E-state index is 4.16. The average molecular weight is 320 g/mol. The molecule has 22 heavy (non-hydrogen) atoms. The van der Waals surface area contributed by atoms with Crippen LogP contribution in [0.4, 0.5) is 5.69 Å². The highest BCUT2D eigenvalue weighted by molar-refractivity contribution is 5.85. The minimum absolute atomic E-state index is 0. The first-order valence-corrected chi connectivity index (χ1v) is 7.69. The molecule has 1 aliphatic heterocycles. The smallest absolute Gasteiger partial charge is 0.0400 e. The Morgan fingerprint density at radius 1 is 1.14 bits per heavy atom. The van der Waals surface area contributed by atoms with Crippen molar-refractivity contribution in [1.29, 1.82) is 0 Å². The Bertz CT molecular complexity index is 612. The summed E-state index contributed by atoms with van der Waals surface area (Å²) < 4.78 is 0. The second-order valence-corrected chi connectivity index (χ2v) is 6.27. The van der Waals surface area contributed by atoms with E-state index in [0.717, 1.165) is 5.92 Å². The molecule has 2 fully saturated rings. The molecule has 1 aromatic heterocycles. The number of anilines is 1. The Hall–Kier alpha value is -1.32. The van der Waals surface area contributed by atoms with Crippen molar-refractivity contribution in [2.45, 2.75) is 32.7 Å². The van der Waals surface area contributed by atoms with Crippen LogP contribution in [0.2, 0.25) is 0 Å². The molecule has 0 spiro atoms. The number of rotatable bonds is 4. The lowest BCUT2D eigenvalue weighted by molar-refractivity contribution is 0.322. The van der Waals surface area contributed by atoms with Crippen molar-refractivity contribution < 1.29 is 0 Å². The van der Waals surface area contributed by atoms with Gasteiger partial charge in [-0.2, -0.15) is 0 Å². The van der Waals surface area contributed by atoms with E-state index in [0.29, 0.717) is 6.04 Å². The number of aromatic nitrogens is 1. The van der Waals surface area contributed by atoms with Crippen LogP contribution in [0, 0.1) is 5.92 Å². The Morgan fingerprint density at radius 3 is 2.82 bits per heavy atom. The minimum atomic E-state index is 0. The van der Waals surface area contributed by atoms with Crippen LogP contribution in [0.3, 0.4) is 0 Å². The van der Waals surface area contributed by atoms with Crippen molar-refractivity contribution in [2.75, 3.05) is 25.0 Å². The SMILES string of the molecule is C.Cl.c1cc2cc(N[C@@H]3CCN(CC4CC4)C3)ccc2cn1. The van der Waals surface area contributed by atoms with Gasteiger partial charge in [-0.15, -0.1) is 12.4 Å². The molecule has 1 aromatic carbocycles. The highest BCUT2D eigenvalue weighted by atomic mass is 35.5. The molecule has 2 aromatic rings. The molecule has 1 saturated carbocycles. The van der Waals surface area contributed by atoms with Crippen molar-refractivity contribution in [3.8, 4) is 0 Å². The predicted octanol–water partition coefficient (Wildman–Crippen LogP) is 4.19. The first-order chi connectivity index (χ1) is 9.87. The predicted molar refractivity (Wildman–Crippen MR) is 96.9 cm³/mol. The number of pyridine rings is 1. The van der Waals surface area contributed by atoms with Crippen molar-refractivity contribution in [1.82, 2.24) is 9.88 Å². The number of hydrogen-bond acceptors (Lipinski definition) is 3. The molecule has 2 heterocycles. The van der Waals surface area contributed by atoms with Gasteiger partial charge in [0.25, 0.3) is 0 Å². The average Bonchev–Trinajstić information content (AvgIpc) is 3.18. The van der Waals surface area contributed by atoms with Gasteiger partial charge in [0.1, 0.15) is 0 Å². The molecule has 0 radical (unpaired) electrons. The standard InChI is InChI=1S/C17H21N3.CH4.ClH/c1-2-13(1)11-20-8-6-17(12-20)19-16-4-3-15-10-18-7-5-14(15)9-16;;/h3-5,7,9-10,13,17,19H,1-2,6,8,11-12H2;1H4;1H/t17-;;/m1../s1. The zero-order valence-electron chi connectivity index (χ0n) is 12.2. The first-order valence-electron chi connectivity index (χ1n) is 7.69. The molecule has 4 rings (SSSR count). The second kappa shape index (κ2) is 7.30. The number of fused-ring (bicyclic) bond motifs is 1. The van der Waals surface area contributed by atoms with Crippen LogP contribution in [-0.4, -0.2) is 35.6 Å². The Morgan fingerprint density at radius 2 is 2.00 bits per heavy atom. The number of likely N-dealkylation sites (tertiary alicyclic amines) is 1. The van der Waals surface area contributed by atoms with Crippen LogP contribution in [0.15, 0.2) is 36.7 Å². The summed E-state index contributed by atoms with van der Waals surface area (Å²) >= 11 is 0. The summed E-state index contributed by atoms with van der Waals surface area (Å²) in [7, 11) is 0. The largest absolute Gasteiger partial charge is 0.381 e. The highest BCUT2D eigenvalue weighted by Gasteiger charge is 2.29. The van der Waals surface area contributed by atoms with E-state index in [1.807, 2.05) is 12.4 Å². The molecule has 2 aliphatic rings. The van der Waals surface area contributed by atoms with E-state index in [1.165, 1.54) is 55.4 Å². The Labute approximate surface area is 139 Å². The quantitative estimate of drug-likeness (QED) is 0.916. The summed E-state index contributed by atoms with van der Waals surface area (Å²) in [4.78, 5) is 6.79. The van der Waals surface area contributed by atoms with E-state index in [9.17, 15) is 0 Å². The van der Waals surface area contributed by atoms with E-state index in [4.69, 9.17) is 0 Å².